The van der Waals surface area contributed by atoms with Crippen molar-refractivity contribution in [3.8, 4) is 0 Å². The third-order valence-electron chi connectivity index (χ3n) is 3.37. The molecule has 1 aliphatic heterocycles. The van der Waals surface area contributed by atoms with Crippen molar-refractivity contribution in [1.29, 1.82) is 0 Å². The highest BCUT2D eigenvalue weighted by Crippen LogP contribution is 2.31. The van der Waals surface area contributed by atoms with Crippen molar-refractivity contribution in [3.63, 3.8) is 0 Å². The maximum Gasteiger partial charge on any atom is 0.0996 e. The smallest absolute Gasteiger partial charge is 0.0996 e. The van der Waals surface area contributed by atoms with E-state index in [4.69, 9.17) is 10.5 Å². The quantitative estimate of drug-likeness (QED) is 0.815. The molecule has 2 N–H and O–H groups in total. The van der Waals surface area contributed by atoms with Crippen molar-refractivity contribution < 1.29 is 4.74 Å². The van der Waals surface area contributed by atoms with Gasteiger partial charge in [0.2, 0.25) is 0 Å². The molecule has 0 amide bonds. The third kappa shape index (κ3) is 1.92. The highest BCUT2D eigenvalue weighted by Gasteiger charge is 2.25. The van der Waals surface area contributed by atoms with Crippen LogP contribution in [0.15, 0.2) is 36.7 Å². The van der Waals surface area contributed by atoms with Gasteiger partial charge in [-0.05, 0) is 18.2 Å². The fourth-order valence-corrected chi connectivity index (χ4v) is 2.49. The number of pyridine rings is 1. The molecule has 1 saturated heterocycles. The van der Waals surface area contributed by atoms with Crippen molar-refractivity contribution in [1.82, 2.24) is 4.98 Å². The number of hydrogen-bond donors (Lipinski definition) is 1. The van der Waals surface area contributed by atoms with E-state index in [1.807, 2.05) is 24.5 Å². The molecule has 2 unspecified atom stereocenters. The first-order valence-corrected chi connectivity index (χ1v) is 6.06. The van der Waals surface area contributed by atoms with Gasteiger partial charge in [0.1, 0.15) is 0 Å². The first-order chi connectivity index (χ1) is 8.36. The van der Waals surface area contributed by atoms with Gasteiger partial charge in [0, 0.05) is 36.0 Å². The third-order valence-corrected chi connectivity index (χ3v) is 3.37. The number of nitrogens with zero attached hydrogens (tertiary/aromatic N) is 1. The van der Waals surface area contributed by atoms with E-state index in [-0.39, 0.29) is 12.1 Å². The summed E-state index contributed by atoms with van der Waals surface area (Å²) in [6, 6.07) is 8.32. The number of ether oxygens (including phenoxy) is 1. The molecule has 3 rings (SSSR count). The van der Waals surface area contributed by atoms with Crippen molar-refractivity contribution in [2.45, 2.75) is 25.0 Å². The Hall–Kier alpha value is -1.45. The van der Waals surface area contributed by atoms with Crippen molar-refractivity contribution in [2.24, 2.45) is 5.73 Å². The van der Waals surface area contributed by atoms with E-state index in [0.717, 1.165) is 30.4 Å². The standard InChI is InChI=1S/C14H16N2O/c15-13-6-3-7-17-14(13)12-9-16-8-10-4-1-2-5-11(10)12/h1-2,4-5,8-9,13-14H,3,6-7,15H2. The number of nitrogens with two attached hydrogens (primary N) is 1. The average molecular weight is 228 g/mol. The second kappa shape index (κ2) is 4.43. The molecule has 0 bridgehead atoms. The lowest BCUT2D eigenvalue weighted by molar-refractivity contribution is 0.000852. The minimum atomic E-state index is -0.0117. The van der Waals surface area contributed by atoms with Gasteiger partial charge in [-0.2, -0.15) is 0 Å². The molecular weight excluding hydrogens is 212 g/mol. The number of rotatable bonds is 1. The molecule has 0 spiro atoms. The zero-order valence-corrected chi connectivity index (χ0v) is 9.67. The topological polar surface area (TPSA) is 48.1 Å². The fourth-order valence-electron chi connectivity index (χ4n) is 2.49. The van der Waals surface area contributed by atoms with Gasteiger partial charge in [-0.3, -0.25) is 4.98 Å². The predicted octanol–water partition coefficient (Wildman–Crippen LogP) is 2.41. The van der Waals surface area contributed by atoms with Gasteiger partial charge in [-0.15, -0.1) is 0 Å². The highest BCUT2D eigenvalue weighted by molar-refractivity contribution is 5.85. The lowest BCUT2D eigenvalue weighted by atomic mass is 9.94. The van der Waals surface area contributed by atoms with Gasteiger partial charge < -0.3 is 10.5 Å². The first-order valence-electron chi connectivity index (χ1n) is 6.06. The summed E-state index contributed by atoms with van der Waals surface area (Å²) < 4.78 is 5.82. The highest BCUT2D eigenvalue weighted by atomic mass is 16.5. The molecule has 3 heteroatoms. The molecule has 1 aromatic heterocycles. The number of aromatic nitrogens is 1. The van der Waals surface area contributed by atoms with E-state index in [9.17, 15) is 0 Å². The summed E-state index contributed by atoms with van der Waals surface area (Å²) in [7, 11) is 0. The molecule has 2 atom stereocenters. The minimum Gasteiger partial charge on any atom is -0.372 e. The second-order valence-electron chi connectivity index (χ2n) is 4.55. The summed E-state index contributed by atoms with van der Waals surface area (Å²) in [6.45, 7) is 0.793. The molecular formula is C14H16N2O. The zero-order chi connectivity index (χ0) is 11.7. The average Bonchev–Trinajstić information content (AvgIpc) is 2.39. The molecule has 0 saturated carbocycles. The molecule has 1 aliphatic rings. The second-order valence-corrected chi connectivity index (χ2v) is 4.55. The van der Waals surface area contributed by atoms with E-state index in [2.05, 4.69) is 17.1 Å². The summed E-state index contributed by atoms with van der Waals surface area (Å²) in [4.78, 5) is 4.29. The Morgan fingerprint density at radius 1 is 1.24 bits per heavy atom. The van der Waals surface area contributed by atoms with Crippen LogP contribution in [0.1, 0.15) is 24.5 Å². The van der Waals surface area contributed by atoms with Crippen LogP contribution in [0, 0.1) is 0 Å². The molecule has 0 radical (unpaired) electrons. The minimum absolute atomic E-state index is 0.0117. The van der Waals surface area contributed by atoms with Crippen LogP contribution in [0.2, 0.25) is 0 Å². The van der Waals surface area contributed by atoms with Crippen LogP contribution in [0.4, 0.5) is 0 Å². The van der Waals surface area contributed by atoms with Crippen LogP contribution in [-0.4, -0.2) is 17.6 Å². The fraction of sp³-hybridized carbons (Fsp3) is 0.357. The summed E-state index contributed by atoms with van der Waals surface area (Å²) in [6.07, 6.45) is 5.83. The number of hydrogen-bond acceptors (Lipinski definition) is 3. The Morgan fingerprint density at radius 2 is 2.12 bits per heavy atom. The monoisotopic (exact) mass is 228 g/mol. The van der Waals surface area contributed by atoms with Crippen LogP contribution >= 0.6 is 0 Å². The maximum absolute atomic E-state index is 6.15. The normalized spacial score (nSPS) is 25.0. The van der Waals surface area contributed by atoms with Crippen LogP contribution in [0.5, 0.6) is 0 Å². The molecule has 1 fully saturated rings. The van der Waals surface area contributed by atoms with Gasteiger partial charge >= 0.3 is 0 Å². The molecule has 3 nitrogen and oxygen atoms in total. The summed E-state index contributed by atoms with van der Waals surface area (Å²) in [5, 5.41) is 2.34. The van der Waals surface area contributed by atoms with Crippen LogP contribution in [0.3, 0.4) is 0 Å². The molecule has 1 aromatic carbocycles. The van der Waals surface area contributed by atoms with E-state index < -0.39 is 0 Å². The molecule has 2 aromatic rings. The van der Waals surface area contributed by atoms with Crippen molar-refractivity contribution in [2.75, 3.05) is 6.61 Å². The first kappa shape index (κ1) is 10.7. The van der Waals surface area contributed by atoms with Crippen LogP contribution < -0.4 is 5.73 Å². The molecule has 2 heterocycles. The number of benzene rings is 1. The SMILES string of the molecule is NC1CCCOC1c1cncc2ccccc12. The van der Waals surface area contributed by atoms with E-state index >= 15 is 0 Å². The Balaban J connectivity index is 2.10. The molecule has 17 heavy (non-hydrogen) atoms. The van der Waals surface area contributed by atoms with Crippen LogP contribution in [-0.2, 0) is 4.74 Å². The van der Waals surface area contributed by atoms with Gasteiger partial charge in [0.05, 0.1) is 6.10 Å². The summed E-state index contributed by atoms with van der Waals surface area (Å²) in [5.41, 5.74) is 7.27. The van der Waals surface area contributed by atoms with E-state index in [0.29, 0.717) is 0 Å². The Bertz CT molecular complexity index is 521. The zero-order valence-electron chi connectivity index (χ0n) is 9.67. The summed E-state index contributed by atoms with van der Waals surface area (Å²) in [5.74, 6) is 0. The maximum atomic E-state index is 6.15. The Kier molecular flexibility index (Phi) is 2.79. The largest absolute Gasteiger partial charge is 0.372 e. The molecule has 0 aliphatic carbocycles. The van der Waals surface area contributed by atoms with Gasteiger partial charge in [-0.1, -0.05) is 24.3 Å². The van der Waals surface area contributed by atoms with E-state index in [1.54, 1.807) is 0 Å². The number of fused-ring (bicyclic) bond motifs is 1. The lowest BCUT2D eigenvalue weighted by Crippen LogP contribution is -2.34. The predicted molar refractivity (Wildman–Crippen MR) is 67.6 cm³/mol. The van der Waals surface area contributed by atoms with Crippen LogP contribution in [0.25, 0.3) is 10.8 Å². The summed E-state index contributed by atoms with van der Waals surface area (Å²) >= 11 is 0. The van der Waals surface area contributed by atoms with Gasteiger partial charge in [-0.25, -0.2) is 0 Å². The van der Waals surface area contributed by atoms with Gasteiger partial charge in [0.15, 0.2) is 0 Å². The lowest BCUT2D eigenvalue weighted by Gasteiger charge is -2.29. The van der Waals surface area contributed by atoms with Crippen molar-refractivity contribution in [3.05, 3.63) is 42.2 Å². The Morgan fingerprint density at radius 3 is 3.00 bits per heavy atom. The van der Waals surface area contributed by atoms with E-state index in [1.165, 1.54) is 5.39 Å². The van der Waals surface area contributed by atoms with Gasteiger partial charge in [0.25, 0.3) is 0 Å². The Labute approximate surface area is 101 Å². The van der Waals surface area contributed by atoms with Crippen molar-refractivity contribution >= 4 is 10.8 Å². The molecule has 88 valence electrons.